The second-order valence-corrected chi connectivity index (χ2v) is 6.50. The van der Waals surface area contributed by atoms with Crippen LogP contribution in [0.4, 0.5) is 0 Å². The van der Waals surface area contributed by atoms with E-state index in [9.17, 15) is 18.6 Å². The molecule has 8 heteroatoms. The third-order valence-electron chi connectivity index (χ3n) is 2.66. The van der Waals surface area contributed by atoms with Crippen molar-refractivity contribution in [3.8, 4) is 23.0 Å². The number of hydrogen-bond acceptors (Lipinski definition) is 7. The molecule has 2 rings (SSSR count). The van der Waals surface area contributed by atoms with Gasteiger partial charge in [0.25, 0.3) is 5.89 Å². The Kier molecular flexibility index (Phi) is 3.19. The van der Waals surface area contributed by atoms with Crippen LogP contribution in [0.25, 0.3) is 11.5 Å². The van der Waals surface area contributed by atoms with Crippen molar-refractivity contribution >= 4 is 9.84 Å². The molecule has 2 aromatic rings. The van der Waals surface area contributed by atoms with Crippen molar-refractivity contribution in [2.24, 2.45) is 0 Å². The Morgan fingerprint density at radius 2 is 2.00 bits per heavy atom. The molecule has 1 aromatic heterocycles. The zero-order valence-electron chi connectivity index (χ0n) is 10.2. The molecular weight excluding hydrogens is 272 g/mol. The van der Waals surface area contributed by atoms with Gasteiger partial charge in [0, 0.05) is 12.3 Å². The maximum atomic E-state index is 11.4. The number of nitrogens with zero attached hydrogens (tertiary/aromatic N) is 2. The largest absolute Gasteiger partial charge is 0.508 e. The van der Waals surface area contributed by atoms with Crippen LogP contribution in [-0.4, -0.2) is 35.0 Å². The van der Waals surface area contributed by atoms with Gasteiger partial charge in [-0.05, 0) is 19.1 Å². The predicted octanol–water partition coefficient (Wildman–Crippen LogP) is 1.25. The third kappa shape index (κ3) is 2.68. The summed E-state index contributed by atoms with van der Waals surface area (Å²) in [6.45, 7) is 1.45. The zero-order chi connectivity index (χ0) is 14.2. The van der Waals surface area contributed by atoms with E-state index < -0.39 is 15.1 Å². The van der Waals surface area contributed by atoms with E-state index in [2.05, 4.69) is 10.1 Å². The van der Waals surface area contributed by atoms with Crippen LogP contribution < -0.4 is 0 Å². The highest BCUT2D eigenvalue weighted by Crippen LogP contribution is 2.31. The van der Waals surface area contributed by atoms with E-state index in [0.29, 0.717) is 0 Å². The monoisotopic (exact) mass is 284 g/mol. The molecule has 1 heterocycles. The third-order valence-corrected chi connectivity index (χ3v) is 4.15. The van der Waals surface area contributed by atoms with Crippen molar-refractivity contribution in [2.45, 2.75) is 12.2 Å². The fourth-order valence-electron chi connectivity index (χ4n) is 1.40. The summed E-state index contributed by atoms with van der Waals surface area (Å²) in [7, 11) is -3.33. The van der Waals surface area contributed by atoms with Gasteiger partial charge in [-0.15, -0.1) is 0 Å². The predicted molar refractivity (Wildman–Crippen MR) is 66.3 cm³/mol. The van der Waals surface area contributed by atoms with Gasteiger partial charge in [0.1, 0.15) is 16.7 Å². The summed E-state index contributed by atoms with van der Waals surface area (Å²) in [4.78, 5) is 3.94. The van der Waals surface area contributed by atoms with Gasteiger partial charge >= 0.3 is 0 Å². The van der Waals surface area contributed by atoms with Crippen molar-refractivity contribution in [2.75, 3.05) is 6.26 Å². The molecule has 0 saturated carbocycles. The Morgan fingerprint density at radius 1 is 1.32 bits per heavy atom. The lowest BCUT2D eigenvalue weighted by Crippen LogP contribution is -2.09. The van der Waals surface area contributed by atoms with Gasteiger partial charge in [0.2, 0.25) is 0 Å². The van der Waals surface area contributed by atoms with E-state index in [4.69, 9.17) is 4.52 Å². The zero-order valence-corrected chi connectivity index (χ0v) is 11.0. The second kappa shape index (κ2) is 4.54. The van der Waals surface area contributed by atoms with Crippen LogP contribution in [0.3, 0.4) is 0 Å². The van der Waals surface area contributed by atoms with Crippen LogP contribution in [0.15, 0.2) is 22.7 Å². The summed E-state index contributed by atoms with van der Waals surface area (Å²) >= 11 is 0. The molecule has 0 aliphatic heterocycles. The molecule has 0 aliphatic rings. The number of rotatable bonds is 3. The fourth-order valence-corrected chi connectivity index (χ4v) is 1.88. The van der Waals surface area contributed by atoms with Crippen LogP contribution in [0, 0.1) is 0 Å². The number of benzene rings is 1. The first-order valence-electron chi connectivity index (χ1n) is 5.34. The number of aromatic nitrogens is 2. The SMILES string of the molecule is CC(c1noc(-c2ccc(O)cc2O)n1)S(C)(=O)=O. The highest BCUT2D eigenvalue weighted by molar-refractivity contribution is 7.90. The average Bonchev–Trinajstić information content (AvgIpc) is 2.75. The first-order valence-corrected chi connectivity index (χ1v) is 7.29. The average molecular weight is 284 g/mol. The highest BCUT2D eigenvalue weighted by Gasteiger charge is 2.24. The minimum Gasteiger partial charge on any atom is -0.508 e. The van der Waals surface area contributed by atoms with Gasteiger partial charge in [-0.3, -0.25) is 0 Å². The van der Waals surface area contributed by atoms with Crippen molar-refractivity contribution in [3.63, 3.8) is 0 Å². The molecule has 0 aliphatic carbocycles. The van der Waals surface area contributed by atoms with Crippen LogP contribution >= 0.6 is 0 Å². The minimum atomic E-state index is -3.33. The Hall–Kier alpha value is -2.09. The molecule has 0 saturated heterocycles. The molecular formula is C11H12N2O5S. The molecule has 102 valence electrons. The van der Waals surface area contributed by atoms with E-state index in [-0.39, 0.29) is 28.8 Å². The lowest BCUT2D eigenvalue weighted by Gasteiger charge is -2.02. The number of phenolic OH excluding ortho intramolecular Hbond substituents is 2. The molecule has 7 nitrogen and oxygen atoms in total. The van der Waals surface area contributed by atoms with Gasteiger partial charge in [0.15, 0.2) is 15.7 Å². The normalized spacial score (nSPS) is 13.4. The van der Waals surface area contributed by atoms with Crippen LogP contribution in [0.1, 0.15) is 18.0 Å². The van der Waals surface area contributed by atoms with Crippen LogP contribution in [0.5, 0.6) is 11.5 Å². The van der Waals surface area contributed by atoms with Crippen LogP contribution in [0.2, 0.25) is 0 Å². The van der Waals surface area contributed by atoms with E-state index in [1.54, 1.807) is 0 Å². The molecule has 1 atom stereocenters. The molecule has 0 amide bonds. The number of sulfone groups is 1. The molecule has 1 unspecified atom stereocenters. The molecule has 1 aromatic carbocycles. The maximum absolute atomic E-state index is 11.4. The van der Waals surface area contributed by atoms with Gasteiger partial charge < -0.3 is 14.7 Å². The Bertz CT molecular complexity index is 708. The van der Waals surface area contributed by atoms with Crippen molar-refractivity contribution in [3.05, 3.63) is 24.0 Å². The summed E-state index contributed by atoms with van der Waals surface area (Å²) in [6, 6.07) is 3.87. The maximum Gasteiger partial charge on any atom is 0.261 e. The Balaban J connectivity index is 2.41. The second-order valence-electron chi connectivity index (χ2n) is 4.13. The number of phenols is 2. The van der Waals surface area contributed by atoms with Gasteiger partial charge in [0.05, 0.1) is 5.56 Å². The first-order chi connectivity index (χ1) is 8.79. The van der Waals surface area contributed by atoms with E-state index in [0.717, 1.165) is 12.3 Å². The molecule has 0 bridgehead atoms. The highest BCUT2D eigenvalue weighted by atomic mass is 32.2. The van der Waals surface area contributed by atoms with Crippen molar-refractivity contribution in [1.29, 1.82) is 0 Å². The van der Waals surface area contributed by atoms with E-state index >= 15 is 0 Å². The molecule has 0 fully saturated rings. The topological polar surface area (TPSA) is 114 Å². The van der Waals surface area contributed by atoms with Crippen LogP contribution in [-0.2, 0) is 9.84 Å². The lowest BCUT2D eigenvalue weighted by atomic mass is 10.2. The molecule has 19 heavy (non-hydrogen) atoms. The smallest absolute Gasteiger partial charge is 0.261 e. The number of aromatic hydroxyl groups is 2. The standard InChI is InChI=1S/C11H12N2O5S/c1-6(19(2,16)17)10-12-11(18-13-10)8-4-3-7(14)5-9(8)15/h3-6,14-15H,1-2H3. The Labute approximate surface area is 109 Å². The summed E-state index contributed by atoms with van der Waals surface area (Å²) in [6.07, 6.45) is 1.08. The summed E-state index contributed by atoms with van der Waals surface area (Å²) in [5, 5.41) is 21.5. The molecule has 0 spiro atoms. The van der Waals surface area contributed by atoms with E-state index in [1.165, 1.54) is 19.1 Å². The van der Waals surface area contributed by atoms with E-state index in [1.807, 2.05) is 0 Å². The summed E-state index contributed by atoms with van der Waals surface area (Å²) in [5.41, 5.74) is 0.220. The fraction of sp³-hybridized carbons (Fsp3) is 0.273. The van der Waals surface area contributed by atoms with Gasteiger partial charge in [-0.1, -0.05) is 5.16 Å². The quantitative estimate of drug-likeness (QED) is 0.871. The minimum absolute atomic E-state index is 0.0111. The first kappa shape index (κ1) is 13.3. The molecule has 0 radical (unpaired) electrons. The number of hydrogen-bond donors (Lipinski definition) is 2. The van der Waals surface area contributed by atoms with Crippen molar-refractivity contribution < 1.29 is 23.2 Å². The van der Waals surface area contributed by atoms with Gasteiger partial charge in [-0.25, -0.2) is 8.42 Å². The molecule has 2 N–H and O–H groups in total. The lowest BCUT2D eigenvalue weighted by molar-refractivity contribution is 0.415. The van der Waals surface area contributed by atoms with Crippen molar-refractivity contribution in [1.82, 2.24) is 10.1 Å². The van der Waals surface area contributed by atoms with Gasteiger partial charge in [-0.2, -0.15) is 4.98 Å². The summed E-state index contributed by atoms with van der Waals surface area (Å²) in [5.74, 6) is -0.333. The summed E-state index contributed by atoms with van der Waals surface area (Å²) < 4.78 is 27.7. The Morgan fingerprint density at radius 3 is 2.58 bits per heavy atom.